The van der Waals surface area contributed by atoms with Crippen LogP contribution in [-0.4, -0.2) is 28.1 Å². The Morgan fingerprint density at radius 2 is 1.95 bits per heavy atom. The molecular weight excluding hydrogens is 260 g/mol. The molecule has 3 nitrogen and oxygen atoms in total. The average molecular weight is 284 g/mol. The summed E-state index contributed by atoms with van der Waals surface area (Å²) in [6.07, 6.45) is 3.70. The number of hydrogen-bond donors (Lipinski definition) is 1. The quantitative estimate of drug-likeness (QED) is 0.756. The predicted molar refractivity (Wildman–Crippen MR) is 85.8 cm³/mol. The first-order valence-electron chi connectivity index (χ1n) is 7.56. The van der Waals surface area contributed by atoms with Crippen molar-refractivity contribution in [2.24, 2.45) is 0 Å². The summed E-state index contributed by atoms with van der Waals surface area (Å²) in [5.74, 6) is 0. The summed E-state index contributed by atoms with van der Waals surface area (Å²) in [5, 5.41) is 8.96. The second-order valence-corrected chi connectivity index (χ2v) is 5.45. The van der Waals surface area contributed by atoms with E-state index in [2.05, 4.69) is 47.1 Å². The van der Waals surface area contributed by atoms with Crippen molar-refractivity contribution in [3.63, 3.8) is 0 Å². The van der Waals surface area contributed by atoms with E-state index >= 15 is 0 Å². The number of aliphatic hydroxyl groups excluding tert-OH is 1. The van der Waals surface area contributed by atoms with Crippen molar-refractivity contribution in [1.29, 1.82) is 0 Å². The van der Waals surface area contributed by atoms with Crippen LogP contribution in [-0.2, 0) is 13.1 Å². The molecule has 2 rings (SSSR count). The molecular formula is C18H24N2O. The molecule has 0 spiro atoms. The Morgan fingerprint density at radius 3 is 2.67 bits per heavy atom. The molecule has 0 fully saturated rings. The third kappa shape index (κ3) is 5.66. The van der Waals surface area contributed by atoms with Gasteiger partial charge in [0.15, 0.2) is 0 Å². The zero-order valence-corrected chi connectivity index (χ0v) is 12.7. The van der Waals surface area contributed by atoms with E-state index in [0.29, 0.717) is 0 Å². The Hall–Kier alpha value is -1.71. The van der Waals surface area contributed by atoms with Crippen molar-refractivity contribution in [2.45, 2.75) is 32.9 Å². The minimum Gasteiger partial charge on any atom is -0.396 e. The lowest BCUT2D eigenvalue weighted by Gasteiger charge is -2.22. The number of benzene rings is 1. The second kappa shape index (κ2) is 8.55. The number of pyridine rings is 1. The summed E-state index contributed by atoms with van der Waals surface area (Å²) in [6.45, 7) is 5.13. The lowest BCUT2D eigenvalue weighted by Crippen LogP contribution is -2.24. The minimum absolute atomic E-state index is 0.266. The van der Waals surface area contributed by atoms with Crippen molar-refractivity contribution in [3.8, 4) is 0 Å². The number of nitrogens with zero attached hydrogens (tertiary/aromatic N) is 2. The van der Waals surface area contributed by atoms with Crippen LogP contribution in [0, 0.1) is 6.92 Å². The summed E-state index contributed by atoms with van der Waals surface area (Å²) in [7, 11) is 0. The zero-order valence-electron chi connectivity index (χ0n) is 12.7. The Labute approximate surface area is 127 Å². The number of rotatable bonds is 8. The molecule has 0 aliphatic carbocycles. The molecule has 0 aliphatic rings. The van der Waals surface area contributed by atoms with Crippen LogP contribution in [0.15, 0.2) is 48.7 Å². The van der Waals surface area contributed by atoms with E-state index in [1.54, 1.807) is 0 Å². The number of aliphatic hydroxyl groups is 1. The van der Waals surface area contributed by atoms with Gasteiger partial charge in [-0.05, 0) is 44.0 Å². The maximum absolute atomic E-state index is 8.96. The maximum atomic E-state index is 8.96. The molecule has 2 aromatic rings. The summed E-state index contributed by atoms with van der Waals surface area (Å²) < 4.78 is 0. The standard InChI is InChI=1S/C18H24N2O/c1-16-7-6-8-17(13-16)14-20(11-4-5-12-21)15-18-9-2-3-10-19-18/h2-3,6-10,13,21H,4-5,11-12,14-15H2,1H3. The fourth-order valence-electron chi connectivity index (χ4n) is 2.45. The molecule has 0 bridgehead atoms. The monoisotopic (exact) mass is 284 g/mol. The number of aryl methyl sites for hydroxylation is 1. The molecule has 112 valence electrons. The van der Waals surface area contributed by atoms with Gasteiger partial charge in [0, 0.05) is 25.9 Å². The van der Waals surface area contributed by atoms with Gasteiger partial charge in [0.1, 0.15) is 0 Å². The van der Waals surface area contributed by atoms with Gasteiger partial charge >= 0.3 is 0 Å². The van der Waals surface area contributed by atoms with Crippen molar-refractivity contribution >= 4 is 0 Å². The Bertz CT molecular complexity index is 528. The van der Waals surface area contributed by atoms with E-state index < -0.39 is 0 Å². The third-order valence-electron chi connectivity index (χ3n) is 3.48. The van der Waals surface area contributed by atoms with Gasteiger partial charge in [0.05, 0.1) is 5.69 Å². The van der Waals surface area contributed by atoms with E-state index in [0.717, 1.165) is 38.2 Å². The lowest BCUT2D eigenvalue weighted by molar-refractivity contribution is 0.228. The first kappa shape index (κ1) is 15.7. The summed E-state index contributed by atoms with van der Waals surface area (Å²) >= 11 is 0. The molecule has 0 radical (unpaired) electrons. The highest BCUT2D eigenvalue weighted by molar-refractivity contribution is 5.22. The third-order valence-corrected chi connectivity index (χ3v) is 3.48. The topological polar surface area (TPSA) is 36.4 Å². The fraction of sp³-hybridized carbons (Fsp3) is 0.389. The molecule has 0 unspecified atom stereocenters. The number of unbranched alkanes of at least 4 members (excludes halogenated alkanes) is 1. The summed E-state index contributed by atoms with van der Waals surface area (Å²) in [6, 6.07) is 14.7. The van der Waals surface area contributed by atoms with E-state index in [-0.39, 0.29) is 6.61 Å². The normalized spacial score (nSPS) is 11.0. The molecule has 3 heteroatoms. The summed E-state index contributed by atoms with van der Waals surface area (Å²) in [5.41, 5.74) is 3.71. The van der Waals surface area contributed by atoms with Crippen LogP contribution in [0.3, 0.4) is 0 Å². The molecule has 0 saturated carbocycles. The molecule has 0 aliphatic heterocycles. The molecule has 1 aromatic heterocycles. The van der Waals surface area contributed by atoms with Gasteiger partial charge < -0.3 is 5.11 Å². The van der Waals surface area contributed by atoms with Crippen molar-refractivity contribution < 1.29 is 5.11 Å². The van der Waals surface area contributed by atoms with Crippen LogP contribution in [0.25, 0.3) is 0 Å². The van der Waals surface area contributed by atoms with Gasteiger partial charge in [0.2, 0.25) is 0 Å². The van der Waals surface area contributed by atoms with Crippen molar-refractivity contribution in [1.82, 2.24) is 9.88 Å². The molecule has 1 heterocycles. The van der Waals surface area contributed by atoms with Crippen molar-refractivity contribution in [3.05, 3.63) is 65.5 Å². The predicted octanol–water partition coefficient (Wildman–Crippen LogP) is 3.16. The molecule has 0 atom stereocenters. The van der Waals surface area contributed by atoms with Crippen molar-refractivity contribution in [2.75, 3.05) is 13.2 Å². The van der Waals surface area contributed by atoms with Crippen LogP contribution < -0.4 is 0 Å². The minimum atomic E-state index is 0.266. The Balaban J connectivity index is 2.01. The lowest BCUT2D eigenvalue weighted by atomic mass is 10.1. The SMILES string of the molecule is Cc1cccc(CN(CCCCO)Cc2ccccn2)c1. The van der Waals surface area contributed by atoms with Gasteiger partial charge in [-0.25, -0.2) is 0 Å². The first-order valence-corrected chi connectivity index (χ1v) is 7.56. The highest BCUT2D eigenvalue weighted by atomic mass is 16.2. The number of hydrogen-bond acceptors (Lipinski definition) is 3. The van der Waals surface area contributed by atoms with E-state index in [1.807, 2.05) is 18.3 Å². The molecule has 0 amide bonds. The smallest absolute Gasteiger partial charge is 0.0544 e. The van der Waals surface area contributed by atoms with Crippen LogP contribution in [0.4, 0.5) is 0 Å². The second-order valence-electron chi connectivity index (χ2n) is 5.45. The Kier molecular flexibility index (Phi) is 6.38. The average Bonchev–Trinajstić information content (AvgIpc) is 2.48. The summed E-state index contributed by atoms with van der Waals surface area (Å²) in [4.78, 5) is 6.81. The van der Waals surface area contributed by atoms with Gasteiger partial charge in [-0.3, -0.25) is 9.88 Å². The molecule has 1 N–H and O–H groups in total. The maximum Gasteiger partial charge on any atom is 0.0544 e. The van der Waals surface area contributed by atoms with E-state index in [1.165, 1.54) is 11.1 Å². The zero-order chi connectivity index (χ0) is 14.9. The molecule has 1 aromatic carbocycles. The van der Waals surface area contributed by atoms with Gasteiger partial charge in [0.25, 0.3) is 0 Å². The van der Waals surface area contributed by atoms with Crippen LogP contribution in [0.5, 0.6) is 0 Å². The highest BCUT2D eigenvalue weighted by Crippen LogP contribution is 2.11. The fourth-order valence-corrected chi connectivity index (χ4v) is 2.45. The molecule has 0 saturated heterocycles. The van der Waals surface area contributed by atoms with Gasteiger partial charge in [-0.1, -0.05) is 35.9 Å². The van der Waals surface area contributed by atoms with Crippen LogP contribution in [0.2, 0.25) is 0 Å². The van der Waals surface area contributed by atoms with E-state index in [4.69, 9.17) is 5.11 Å². The first-order chi connectivity index (χ1) is 10.3. The highest BCUT2D eigenvalue weighted by Gasteiger charge is 2.08. The number of aromatic nitrogens is 1. The largest absolute Gasteiger partial charge is 0.396 e. The van der Waals surface area contributed by atoms with Crippen LogP contribution >= 0.6 is 0 Å². The van der Waals surface area contributed by atoms with Crippen LogP contribution in [0.1, 0.15) is 29.7 Å². The Morgan fingerprint density at radius 1 is 1.05 bits per heavy atom. The van der Waals surface area contributed by atoms with Gasteiger partial charge in [-0.2, -0.15) is 0 Å². The van der Waals surface area contributed by atoms with E-state index in [9.17, 15) is 0 Å². The molecule has 21 heavy (non-hydrogen) atoms. The van der Waals surface area contributed by atoms with Gasteiger partial charge in [-0.15, -0.1) is 0 Å².